The van der Waals surface area contributed by atoms with Crippen molar-refractivity contribution >= 4 is 23.7 Å². The number of aromatic hydroxyl groups is 1. The molecule has 25 heavy (non-hydrogen) atoms. The van der Waals surface area contributed by atoms with Crippen LogP contribution in [0.3, 0.4) is 0 Å². The Bertz CT molecular complexity index is 783. The number of hydrogen-bond acceptors (Lipinski definition) is 6. The van der Waals surface area contributed by atoms with Crippen molar-refractivity contribution in [2.75, 3.05) is 21.3 Å². The highest BCUT2D eigenvalue weighted by Gasteiger charge is 2.13. The van der Waals surface area contributed by atoms with Gasteiger partial charge in [-0.2, -0.15) is 5.10 Å². The van der Waals surface area contributed by atoms with Crippen LogP contribution in [0.5, 0.6) is 23.0 Å². The molecule has 0 aliphatic carbocycles. The molecule has 0 aliphatic heterocycles. The summed E-state index contributed by atoms with van der Waals surface area (Å²) in [4.78, 5) is 12.0. The summed E-state index contributed by atoms with van der Waals surface area (Å²) < 4.78 is 15.7. The first-order valence-corrected chi connectivity index (χ1v) is 7.50. The summed E-state index contributed by atoms with van der Waals surface area (Å²) in [7, 11) is 4.51. The summed E-state index contributed by atoms with van der Waals surface area (Å²) in [5.41, 5.74) is 2.96. The van der Waals surface area contributed by atoms with Gasteiger partial charge in [0.25, 0.3) is 5.91 Å². The Morgan fingerprint density at radius 2 is 1.76 bits per heavy atom. The largest absolute Gasteiger partial charge is 0.507 e. The van der Waals surface area contributed by atoms with Gasteiger partial charge in [-0.15, -0.1) is 0 Å². The van der Waals surface area contributed by atoms with Crippen LogP contribution in [0.1, 0.15) is 15.9 Å². The maximum absolute atomic E-state index is 12.0. The van der Waals surface area contributed by atoms with Crippen LogP contribution in [0.15, 0.2) is 35.4 Å². The zero-order valence-corrected chi connectivity index (χ0v) is 14.6. The van der Waals surface area contributed by atoms with E-state index in [1.54, 1.807) is 12.1 Å². The van der Waals surface area contributed by atoms with Crippen LogP contribution in [0.2, 0.25) is 5.02 Å². The number of halogens is 1. The van der Waals surface area contributed by atoms with Crippen LogP contribution in [0, 0.1) is 0 Å². The molecule has 8 heteroatoms. The second-order valence-electron chi connectivity index (χ2n) is 4.82. The van der Waals surface area contributed by atoms with Crippen LogP contribution < -0.4 is 19.6 Å². The molecule has 0 heterocycles. The van der Waals surface area contributed by atoms with E-state index >= 15 is 0 Å². The molecule has 1 amide bonds. The minimum atomic E-state index is -0.594. The predicted octanol–water partition coefficient (Wildman–Crippen LogP) is 2.84. The van der Waals surface area contributed by atoms with Gasteiger partial charge >= 0.3 is 0 Å². The Kier molecular flexibility index (Phi) is 6.08. The first kappa shape index (κ1) is 18.4. The fourth-order valence-electron chi connectivity index (χ4n) is 2.09. The zero-order chi connectivity index (χ0) is 18.4. The van der Waals surface area contributed by atoms with Crippen LogP contribution in [-0.2, 0) is 0 Å². The summed E-state index contributed by atoms with van der Waals surface area (Å²) in [6.45, 7) is 0. The number of ether oxygens (including phenoxy) is 3. The van der Waals surface area contributed by atoms with Gasteiger partial charge in [-0.05, 0) is 30.3 Å². The minimum absolute atomic E-state index is 0.0227. The van der Waals surface area contributed by atoms with Crippen LogP contribution in [-0.4, -0.2) is 38.6 Å². The van der Waals surface area contributed by atoms with E-state index in [9.17, 15) is 9.90 Å². The van der Waals surface area contributed by atoms with Gasteiger partial charge in [-0.3, -0.25) is 4.79 Å². The lowest BCUT2D eigenvalue weighted by atomic mass is 10.2. The molecule has 0 saturated heterocycles. The third-order valence-electron chi connectivity index (χ3n) is 3.27. The van der Waals surface area contributed by atoms with Gasteiger partial charge in [-0.25, -0.2) is 5.43 Å². The van der Waals surface area contributed by atoms with Crippen LogP contribution in [0.25, 0.3) is 0 Å². The number of hydrazone groups is 1. The molecule has 0 bridgehead atoms. The van der Waals surface area contributed by atoms with Crippen molar-refractivity contribution in [2.45, 2.75) is 0 Å². The highest BCUT2D eigenvalue weighted by Crippen LogP contribution is 2.37. The Balaban J connectivity index is 2.19. The number of phenolic OH excluding ortho intramolecular Hbond substituents is 1. The lowest BCUT2D eigenvalue weighted by Crippen LogP contribution is -2.17. The topological polar surface area (TPSA) is 89.4 Å². The summed E-state index contributed by atoms with van der Waals surface area (Å²) in [6, 6.07) is 7.51. The summed E-state index contributed by atoms with van der Waals surface area (Å²) in [5.74, 6) is 0.591. The predicted molar refractivity (Wildman–Crippen MR) is 94.3 cm³/mol. The molecular weight excluding hydrogens is 348 g/mol. The quantitative estimate of drug-likeness (QED) is 0.607. The minimum Gasteiger partial charge on any atom is -0.507 e. The van der Waals surface area contributed by atoms with E-state index in [-0.39, 0.29) is 11.3 Å². The number of rotatable bonds is 6. The van der Waals surface area contributed by atoms with E-state index < -0.39 is 5.91 Å². The molecule has 0 atom stereocenters. The SMILES string of the molecule is COc1cc(/C=N\NC(=O)c2cc(Cl)ccc2O)cc(OC)c1OC. The van der Waals surface area contributed by atoms with E-state index in [1.807, 2.05) is 0 Å². The van der Waals surface area contributed by atoms with E-state index in [0.717, 1.165) is 0 Å². The van der Waals surface area contributed by atoms with E-state index in [4.69, 9.17) is 25.8 Å². The number of carbonyl (C=O) groups is 1. The average molecular weight is 365 g/mol. The molecule has 132 valence electrons. The average Bonchev–Trinajstić information content (AvgIpc) is 2.62. The Labute approximate surface area is 149 Å². The second kappa shape index (κ2) is 8.25. The number of benzene rings is 2. The standard InChI is InChI=1S/C17H17ClN2O5/c1-23-14-6-10(7-15(24-2)16(14)25-3)9-19-20-17(22)12-8-11(18)4-5-13(12)21/h4-9,21H,1-3H3,(H,20,22)/b19-9-. The van der Waals surface area contributed by atoms with Crippen molar-refractivity contribution in [3.05, 3.63) is 46.5 Å². The van der Waals surface area contributed by atoms with Gasteiger partial charge < -0.3 is 19.3 Å². The van der Waals surface area contributed by atoms with Gasteiger partial charge in [0.05, 0.1) is 33.1 Å². The molecule has 7 nitrogen and oxygen atoms in total. The first-order chi connectivity index (χ1) is 12.0. The fraction of sp³-hybridized carbons (Fsp3) is 0.176. The molecule has 2 aromatic rings. The lowest BCUT2D eigenvalue weighted by Gasteiger charge is -2.12. The van der Waals surface area contributed by atoms with Gasteiger partial charge in [0.15, 0.2) is 11.5 Å². The van der Waals surface area contributed by atoms with Crippen molar-refractivity contribution in [3.8, 4) is 23.0 Å². The fourth-order valence-corrected chi connectivity index (χ4v) is 2.26. The molecule has 0 aromatic heterocycles. The van der Waals surface area contributed by atoms with Crippen LogP contribution in [0.4, 0.5) is 0 Å². The van der Waals surface area contributed by atoms with E-state index in [0.29, 0.717) is 27.8 Å². The molecule has 0 saturated carbocycles. The molecule has 2 aromatic carbocycles. The molecule has 0 unspecified atom stereocenters. The van der Waals surface area contributed by atoms with Gasteiger partial charge in [0, 0.05) is 10.6 Å². The normalized spacial score (nSPS) is 10.6. The van der Waals surface area contributed by atoms with Gasteiger partial charge in [0.2, 0.25) is 5.75 Å². The zero-order valence-electron chi connectivity index (χ0n) is 13.9. The third-order valence-corrected chi connectivity index (χ3v) is 3.51. The van der Waals surface area contributed by atoms with Crippen LogP contribution >= 0.6 is 11.6 Å². The number of nitrogens with one attached hydrogen (secondary N) is 1. The third kappa shape index (κ3) is 4.33. The lowest BCUT2D eigenvalue weighted by molar-refractivity contribution is 0.0952. The molecule has 0 spiro atoms. The number of phenols is 1. The molecule has 0 fully saturated rings. The Morgan fingerprint density at radius 1 is 1.12 bits per heavy atom. The monoisotopic (exact) mass is 364 g/mol. The molecule has 2 N–H and O–H groups in total. The van der Waals surface area contributed by atoms with Crippen molar-refractivity contribution in [3.63, 3.8) is 0 Å². The summed E-state index contributed by atoms with van der Waals surface area (Å²) >= 11 is 5.82. The maximum Gasteiger partial charge on any atom is 0.275 e. The first-order valence-electron chi connectivity index (χ1n) is 7.12. The van der Waals surface area contributed by atoms with Gasteiger partial charge in [-0.1, -0.05) is 11.6 Å². The Morgan fingerprint density at radius 3 is 2.32 bits per heavy atom. The van der Waals surface area contributed by atoms with Gasteiger partial charge in [0.1, 0.15) is 5.75 Å². The van der Waals surface area contributed by atoms with E-state index in [2.05, 4.69) is 10.5 Å². The number of amides is 1. The molecular formula is C17H17ClN2O5. The second-order valence-corrected chi connectivity index (χ2v) is 5.26. The summed E-state index contributed by atoms with van der Waals surface area (Å²) in [5, 5.41) is 13.9. The number of methoxy groups -OCH3 is 3. The van der Waals surface area contributed by atoms with E-state index in [1.165, 1.54) is 45.7 Å². The van der Waals surface area contributed by atoms with Crippen molar-refractivity contribution in [1.29, 1.82) is 0 Å². The summed E-state index contributed by atoms with van der Waals surface area (Å²) in [6.07, 6.45) is 1.41. The Hall–Kier alpha value is -2.93. The highest BCUT2D eigenvalue weighted by atomic mass is 35.5. The smallest absolute Gasteiger partial charge is 0.275 e. The molecule has 0 radical (unpaired) electrons. The number of carbonyl (C=O) groups excluding carboxylic acids is 1. The maximum atomic E-state index is 12.0. The molecule has 0 aliphatic rings. The molecule has 2 rings (SSSR count). The highest BCUT2D eigenvalue weighted by molar-refractivity contribution is 6.31. The van der Waals surface area contributed by atoms with Crippen molar-refractivity contribution in [2.24, 2.45) is 5.10 Å². The number of nitrogens with zero attached hydrogens (tertiary/aromatic N) is 1. The number of hydrogen-bond donors (Lipinski definition) is 2. The van der Waals surface area contributed by atoms with Crippen molar-refractivity contribution < 1.29 is 24.1 Å². The van der Waals surface area contributed by atoms with Crippen molar-refractivity contribution in [1.82, 2.24) is 5.43 Å².